The molecule has 0 amide bonds. The van der Waals surface area contributed by atoms with Crippen LogP contribution in [0.15, 0.2) is 11.4 Å². The first-order valence-corrected chi connectivity index (χ1v) is 6.86. The Labute approximate surface area is 110 Å². The fraction of sp³-hybridized carbons (Fsp3) is 0.538. The van der Waals surface area contributed by atoms with Crippen molar-refractivity contribution in [3.05, 3.63) is 21.9 Å². The molecule has 98 valence electrons. The van der Waals surface area contributed by atoms with Gasteiger partial charge in [-0.2, -0.15) is 0 Å². The molecule has 1 aromatic heterocycles. The van der Waals surface area contributed by atoms with Gasteiger partial charge in [0.05, 0.1) is 12.2 Å². The molecule has 1 aromatic rings. The number of hydrogen-bond donors (Lipinski definition) is 0. The molecule has 0 aliphatic carbocycles. The maximum Gasteiger partial charge on any atom is 0.348 e. The summed E-state index contributed by atoms with van der Waals surface area (Å²) in [5.41, 5.74) is 0.553. The zero-order valence-corrected chi connectivity index (χ0v) is 11.3. The number of ether oxygens (including phenoxy) is 2. The maximum absolute atomic E-state index is 11.7. The fourth-order valence-electron chi connectivity index (χ4n) is 1.88. The molecular weight excluding hydrogens is 252 g/mol. The molecule has 2 atom stereocenters. The van der Waals surface area contributed by atoms with Crippen LogP contribution >= 0.6 is 11.3 Å². The number of esters is 1. The summed E-state index contributed by atoms with van der Waals surface area (Å²) in [6.45, 7) is 3.78. The van der Waals surface area contributed by atoms with Gasteiger partial charge in [0.2, 0.25) is 0 Å². The van der Waals surface area contributed by atoms with Gasteiger partial charge in [0, 0.05) is 10.9 Å². The number of rotatable bonds is 4. The molecule has 2 heterocycles. The summed E-state index contributed by atoms with van der Waals surface area (Å²) in [6, 6.07) is 1.58. The largest absolute Gasteiger partial charge is 0.459 e. The number of ketones is 1. The van der Waals surface area contributed by atoms with Gasteiger partial charge in [-0.15, -0.1) is 11.3 Å². The van der Waals surface area contributed by atoms with Gasteiger partial charge in [-0.1, -0.05) is 0 Å². The Bertz CT molecular complexity index is 452. The van der Waals surface area contributed by atoms with E-state index in [1.165, 1.54) is 18.3 Å². The highest BCUT2D eigenvalue weighted by Crippen LogP contribution is 2.21. The van der Waals surface area contributed by atoms with E-state index in [0.29, 0.717) is 10.4 Å². The lowest BCUT2D eigenvalue weighted by molar-refractivity contribution is -0.00237. The number of Topliss-reactive ketones (excluding diaryl/α,β-unsaturated/α-hetero) is 1. The van der Waals surface area contributed by atoms with Crippen LogP contribution in [0.25, 0.3) is 0 Å². The first-order valence-electron chi connectivity index (χ1n) is 5.98. The standard InChI is InChI=1S/C13H16O4S/c1-8-3-4-11(17-8)6-16-13(15)12-5-10(7-18-12)9(2)14/h5,7-8,11H,3-4,6H2,1-2H3/t8-,11-/m0/s1. The van der Waals surface area contributed by atoms with Gasteiger partial charge < -0.3 is 9.47 Å². The maximum atomic E-state index is 11.7. The van der Waals surface area contributed by atoms with Crippen molar-refractivity contribution in [2.75, 3.05) is 6.61 Å². The van der Waals surface area contributed by atoms with E-state index in [1.807, 2.05) is 6.92 Å². The Morgan fingerprint density at radius 3 is 2.83 bits per heavy atom. The van der Waals surface area contributed by atoms with Crippen molar-refractivity contribution in [1.29, 1.82) is 0 Å². The molecule has 1 aliphatic heterocycles. The van der Waals surface area contributed by atoms with Crippen LogP contribution in [0.5, 0.6) is 0 Å². The molecule has 0 saturated carbocycles. The molecule has 5 heteroatoms. The third-order valence-corrected chi connectivity index (χ3v) is 3.84. The van der Waals surface area contributed by atoms with Crippen LogP contribution in [-0.2, 0) is 9.47 Å². The highest BCUT2D eigenvalue weighted by Gasteiger charge is 2.23. The van der Waals surface area contributed by atoms with Gasteiger partial charge in [-0.3, -0.25) is 4.79 Å². The molecule has 0 bridgehead atoms. The topological polar surface area (TPSA) is 52.6 Å². The van der Waals surface area contributed by atoms with E-state index in [9.17, 15) is 9.59 Å². The van der Waals surface area contributed by atoms with Gasteiger partial charge in [0.25, 0.3) is 0 Å². The summed E-state index contributed by atoms with van der Waals surface area (Å²) in [4.78, 5) is 23.3. The second kappa shape index (κ2) is 5.63. The molecule has 1 aliphatic rings. The Kier molecular flexibility index (Phi) is 4.14. The van der Waals surface area contributed by atoms with E-state index in [2.05, 4.69) is 0 Å². The molecule has 2 rings (SSSR count). The minimum absolute atomic E-state index is 0.0104. The average Bonchev–Trinajstić information content (AvgIpc) is 2.94. The van der Waals surface area contributed by atoms with Crippen LogP contribution in [0, 0.1) is 0 Å². The van der Waals surface area contributed by atoms with Crippen molar-refractivity contribution < 1.29 is 19.1 Å². The van der Waals surface area contributed by atoms with E-state index in [0.717, 1.165) is 12.8 Å². The Balaban J connectivity index is 1.85. The number of thiophene rings is 1. The first-order chi connectivity index (χ1) is 8.56. The van der Waals surface area contributed by atoms with Gasteiger partial charge in [-0.05, 0) is 32.8 Å². The van der Waals surface area contributed by atoms with Gasteiger partial charge in [0.1, 0.15) is 11.5 Å². The van der Waals surface area contributed by atoms with Crippen LogP contribution < -0.4 is 0 Å². The predicted octanol–water partition coefficient (Wildman–Crippen LogP) is 2.68. The van der Waals surface area contributed by atoms with E-state index < -0.39 is 0 Å². The smallest absolute Gasteiger partial charge is 0.348 e. The monoisotopic (exact) mass is 268 g/mol. The van der Waals surface area contributed by atoms with Gasteiger partial charge >= 0.3 is 5.97 Å². The second-order valence-corrected chi connectivity index (χ2v) is 5.41. The van der Waals surface area contributed by atoms with E-state index >= 15 is 0 Å². The van der Waals surface area contributed by atoms with Crippen molar-refractivity contribution in [3.63, 3.8) is 0 Å². The number of hydrogen-bond acceptors (Lipinski definition) is 5. The van der Waals surface area contributed by atoms with E-state index in [-0.39, 0.29) is 30.6 Å². The summed E-state index contributed by atoms with van der Waals surface area (Å²) in [5.74, 6) is -0.422. The van der Waals surface area contributed by atoms with E-state index in [1.54, 1.807) is 11.4 Å². The molecule has 0 spiro atoms. The molecule has 1 fully saturated rings. The fourth-order valence-corrected chi connectivity index (χ4v) is 2.71. The van der Waals surface area contributed by atoms with Crippen LogP contribution in [0.3, 0.4) is 0 Å². The van der Waals surface area contributed by atoms with Gasteiger partial charge in [0.15, 0.2) is 5.78 Å². The van der Waals surface area contributed by atoms with Crippen LogP contribution in [0.2, 0.25) is 0 Å². The third kappa shape index (κ3) is 3.17. The lowest BCUT2D eigenvalue weighted by Gasteiger charge is -2.10. The highest BCUT2D eigenvalue weighted by molar-refractivity contribution is 7.12. The molecule has 4 nitrogen and oxygen atoms in total. The van der Waals surface area contributed by atoms with Crippen molar-refractivity contribution in [3.8, 4) is 0 Å². The van der Waals surface area contributed by atoms with E-state index in [4.69, 9.17) is 9.47 Å². The molecule has 0 radical (unpaired) electrons. The van der Waals surface area contributed by atoms with Gasteiger partial charge in [-0.25, -0.2) is 4.79 Å². The zero-order valence-electron chi connectivity index (χ0n) is 10.5. The Morgan fingerprint density at radius 2 is 2.28 bits per heavy atom. The quantitative estimate of drug-likeness (QED) is 0.622. The van der Waals surface area contributed by atoms with Crippen molar-refractivity contribution in [2.24, 2.45) is 0 Å². The van der Waals surface area contributed by atoms with Crippen molar-refractivity contribution >= 4 is 23.1 Å². The molecule has 0 unspecified atom stereocenters. The van der Waals surface area contributed by atoms with Crippen LogP contribution in [0.1, 0.15) is 46.7 Å². The predicted molar refractivity (Wildman–Crippen MR) is 68.2 cm³/mol. The second-order valence-electron chi connectivity index (χ2n) is 4.50. The molecule has 0 N–H and O–H groups in total. The molecule has 0 aromatic carbocycles. The molecule has 18 heavy (non-hydrogen) atoms. The first kappa shape index (κ1) is 13.2. The minimum atomic E-state index is -0.379. The highest BCUT2D eigenvalue weighted by atomic mass is 32.1. The van der Waals surface area contributed by atoms with Crippen molar-refractivity contribution in [1.82, 2.24) is 0 Å². The minimum Gasteiger partial charge on any atom is -0.459 e. The van der Waals surface area contributed by atoms with Crippen molar-refractivity contribution in [2.45, 2.75) is 38.9 Å². The van der Waals surface area contributed by atoms with Crippen LogP contribution in [0.4, 0.5) is 0 Å². The molecule has 1 saturated heterocycles. The number of carbonyl (C=O) groups is 2. The average molecular weight is 268 g/mol. The summed E-state index contributed by atoms with van der Waals surface area (Å²) in [6.07, 6.45) is 2.20. The third-order valence-electron chi connectivity index (χ3n) is 2.93. The number of carbonyl (C=O) groups excluding carboxylic acids is 2. The lowest BCUT2D eigenvalue weighted by Crippen LogP contribution is -2.18. The summed E-state index contributed by atoms with van der Waals surface area (Å²) in [5, 5.41) is 1.67. The Hall–Kier alpha value is -1.20. The summed E-state index contributed by atoms with van der Waals surface area (Å²) < 4.78 is 10.8. The Morgan fingerprint density at radius 1 is 1.50 bits per heavy atom. The summed E-state index contributed by atoms with van der Waals surface area (Å²) in [7, 11) is 0. The normalized spacial score (nSPS) is 23.0. The summed E-state index contributed by atoms with van der Waals surface area (Å²) >= 11 is 1.23. The molecular formula is C13H16O4S. The lowest BCUT2D eigenvalue weighted by atomic mass is 10.2. The SMILES string of the molecule is CC(=O)c1csc(C(=O)OC[C@@H]2CC[C@H](C)O2)c1. The van der Waals surface area contributed by atoms with Crippen LogP contribution in [-0.4, -0.2) is 30.6 Å². The zero-order chi connectivity index (χ0) is 13.1.